The third-order valence-electron chi connectivity index (χ3n) is 4.35. The van der Waals surface area contributed by atoms with Crippen LogP contribution in [0.4, 0.5) is 5.82 Å². The second-order valence-corrected chi connectivity index (χ2v) is 7.07. The van der Waals surface area contributed by atoms with E-state index in [1.807, 2.05) is 24.3 Å². The van der Waals surface area contributed by atoms with Crippen molar-refractivity contribution in [3.63, 3.8) is 0 Å². The minimum absolute atomic E-state index is 0.0346. The molecule has 3 aromatic rings. The van der Waals surface area contributed by atoms with E-state index >= 15 is 0 Å². The summed E-state index contributed by atoms with van der Waals surface area (Å²) in [6, 6.07) is 12.8. The van der Waals surface area contributed by atoms with Crippen LogP contribution >= 0.6 is 0 Å². The molecule has 0 saturated heterocycles. The van der Waals surface area contributed by atoms with Gasteiger partial charge in [0.2, 0.25) is 0 Å². The summed E-state index contributed by atoms with van der Waals surface area (Å²) in [5.74, 6) is 2.41. The highest BCUT2D eigenvalue weighted by atomic mass is 16.5. The highest BCUT2D eigenvalue weighted by Gasteiger charge is 2.14. The molecule has 4 N–H and O–H groups in total. The molecular formula is C21H26N4O2. The summed E-state index contributed by atoms with van der Waals surface area (Å²) in [6.07, 6.45) is 0.930. The van der Waals surface area contributed by atoms with E-state index in [4.69, 9.17) is 10.5 Å². The largest absolute Gasteiger partial charge is 0.507 e. The molecule has 27 heavy (non-hydrogen) atoms. The predicted molar refractivity (Wildman–Crippen MR) is 109 cm³/mol. The molecule has 0 aliphatic carbocycles. The van der Waals surface area contributed by atoms with Crippen molar-refractivity contribution in [3.8, 4) is 22.9 Å². The zero-order valence-electron chi connectivity index (χ0n) is 15.9. The number of ether oxygens (including phenoxy) is 1. The quantitative estimate of drug-likeness (QED) is 0.589. The smallest absolute Gasteiger partial charge is 0.166 e. The van der Waals surface area contributed by atoms with E-state index in [2.05, 4.69) is 29.1 Å². The first-order chi connectivity index (χ1) is 13.0. The number of para-hydroxylation sites is 1. The van der Waals surface area contributed by atoms with E-state index < -0.39 is 0 Å². The molecule has 0 fully saturated rings. The second kappa shape index (κ2) is 8.22. The molecule has 0 amide bonds. The molecule has 6 heteroatoms. The zero-order chi connectivity index (χ0) is 19.4. The van der Waals surface area contributed by atoms with Crippen LogP contribution in [0.1, 0.15) is 20.3 Å². The molecule has 0 bridgehead atoms. The van der Waals surface area contributed by atoms with Crippen LogP contribution in [0.2, 0.25) is 0 Å². The van der Waals surface area contributed by atoms with E-state index in [1.54, 1.807) is 25.3 Å². The number of rotatable bonds is 7. The Morgan fingerprint density at radius 3 is 2.67 bits per heavy atom. The van der Waals surface area contributed by atoms with Crippen LogP contribution in [-0.4, -0.2) is 34.8 Å². The summed E-state index contributed by atoms with van der Waals surface area (Å²) in [7, 11) is 1.58. The molecule has 1 atom stereocenters. The minimum atomic E-state index is 0.0346. The van der Waals surface area contributed by atoms with E-state index in [9.17, 15) is 5.11 Å². The number of phenolic OH excluding ortho intramolecular Hbond substituents is 1. The van der Waals surface area contributed by atoms with Crippen molar-refractivity contribution in [3.05, 3.63) is 42.5 Å². The summed E-state index contributed by atoms with van der Waals surface area (Å²) < 4.78 is 5.27. The predicted octanol–water partition coefficient (Wildman–Crippen LogP) is 3.80. The van der Waals surface area contributed by atoms with Gasteiger partial charge in [-0.3, -0.25) is 0 Å². The molecule has 0 radical (unpaired) electrons. The Bertz CT molecular complexity index is 927. The number of hydrogen-bond donors (Lipinski definition) is 3. The van der Waals surface area contributed by atoms with E-state index in [0.717, 1.165) is 17.3 Å². The number of nitrogens with one attached hydrogen (secondary N) is 1. The fourth-order valence-electron chi connectivity index (χ4n) is 3.07. The Labute approximate surface area is 159 Å². The Kier molecular flexibility index (Phi) is 5.76. The summed E-state index contributed by atoms with van der Waals surface area (Å²) >= 11 is 0. The fraction of sp³-hybridized carbons (Fsp3) is 0.333. The number of aromatic nitrogens is 2. The second-order valence-electron chi connectivity index (χ2n) is 7.07. The van der Waals surface area contributed by atoms with Crippen molar-refractivity contribution in [2.24, 2.45) is 11.7 Å². The van der Waals surface area contributed by atoms with Gasteiger partial charge >= 0.3 is 0 Å². The molecule has 1 aromatic heterocycles. The molecule has 0 aliphatic rings. The first-order valence-electron chi connectivity index (χ1n) is 9.11. The molecule has 1 heterocycles. The number of methoxy groups -OCH3 is 1. The van der Waals surface area contributed by atoms with Crippen molar-refractivity contribution >= 4 is 16.7 Å². The van der Waals surface area contributed by atoms with Crippen LogP contribution in [-0.2, 0) is 0 Å². The first-order valence-corrected chi connectivity index (χ1v) is 9.11. The standard InChI is InChI=1S/C21H26N4O2/c1-13(2)10-14(22)12-23-20-16-6-4-5-7-18(16)24-21(25-20)17-11-15(27-3)8-9-19(17)26/h4-9,11,13-14,26H,10,12,22H2,1-3H3,(H,23,24,25). The van der Waals surface area contributed by atoms with Crippen molar-refractivity contribution in [2.75, 3.05) is 19.0 Å². The van der Waals surface area contributed by atoms with Gasteiger partial charge in [0, 0.05) is 18.0 Å². The maximum atomic E-state index is 10.3. The molecule has 0 aliphatic heterocycles. The van der Waals surface area contributed by atoms with Crippen molar-refractivity contribution in [1.82, 2.24) is 9.97 Å². The van der Waals surface area contributed by atoms with Gasteiger partial charge in [0.1, 0.15) is 17.3 Å². The van der Waals surface area contributed by atoms with Gasteiger partial charge in [-0.05, 0) is 42.7 Å². The topological polar surface area (TPSA) is 93.3 Å². The first kappa shape index (κ1) is 18.9. The summed E-state index contributed by atoms with van der Waals surface area (Å²) in [5.41, 5.74) is 7.53. The minimum Gasteiger partial charge on any atom is -0.507 e. The van der Waals surface area contributed by atoms with Gasteiger partial charge in [0.05, 0.1) is 18.2 Å². The number of benzene rings is 2. The lowest BCUT2D eigenvalue weighted by Gasteiger charge is -2.17. The van der Waals surface area contributed by atoms with Gasteiger partial charge in [-0.25, -0.2) is 9.97 Å². The highest BCUT2D eigenvalue weighted by Crippen LogP contribution is 2.33. The summed E-state index contributed by atoms with van der Waals surface area (Å²) in [4.78, 5) is 9.29. The number of hydrogen-bond acceptors (Lipinski definition) is 6. The van der Waals surface area contributed by atoms with Gasteiger partial charge in [-0.2, -0.15) is 0 Å². The molecule has 142 valence electrons. The summed E-state index contributed by atoms with van der Waals surface area (Å²) in [6.45, 7) is 4.93. The Morgan fingerprint density at radius 1 is 1.15 bits per heavy atom. The van der Waals surface area contributed by atoms with Crippen LogP contribution in [0, 0.1) is 5.92 Å². The third-order valence-corrected chi connectivity index (χ3v) is 4.35. The Balaban J connectivity index is 2.01. The molecule has 2 aromatic carbocycles. The number of aromatic hydroxyl groups is 1. The van der Waals surface area contributed by atoms with Crippen LogP contribution < -0.4 is 15.8 Å². The van der Waals surface area contributed by atoms with Crippen LogP contribution in [0.15, 0.2) is 42.5 Å². The van der Waals surface area contributed by atoms with Gasteiger partial charge in [0.25, 0.3) is 0 Å². The number of nitrogens with zero attached hydrogens (tertiary/aromatic N) is 2. The van der Waals surface area contributed by atoms with Crippen LogP contribution in [0.3, 0.4) is 0 Å². The van der Waals surface area contributed by atoms with Gasteiger partial charge in [0.15, 0.2) is 5.82 Å². The van der Waals surface area contributed by atoms with Crippen molar-refractivity contribution < 1.29 is 9.84 Å². The molecule has 1 unspecified atom stereocenters. The van der Waals surface area contributed by atoms with Crippen molar-refractivity contribution in [2.45, 2.75) is 26.3 Å². The van der Waals surface area contributed by atoms with Gasteiger partial charge in [-0.1, -0.05) is 26.0 Å². The number of anilines is 1. The molecule has 3 rings (SSSR count). The number of phenols is 1. The van der Waals surface area contributed by atoms with Gasteiger partial charge in [-0.15, -0.1) is 0 Å². The Morgan fingerprint density at radius 2 is 1.93 bits per heavy atom. The zero-order valence-corrected chi connectivity index (χ0v) is 15.9. The highest BCUT2D eigenvalue weighted by molar-refractivity contribution is 5.91. The molecular weight excluding hydrogens is 340 g/mol. The van der Waals surface area contributed by atoms with Gasteiger partial charge < -0.3 is 20.9 Å². The van der Waals surface area contributed by atoms with Crippen molar-refractivity contribution in [1.29, 1.82) is 0 Å². The average molecular weight is 366 g/mol. The Hall–Kier alpha value is -2.86. The fourth-order valence-corrected chi connectivity index (χ4v) is 3.07. The number of nitrogens with two attached hydrogens (primary N) is 1. The normalized spacial score (nSPS) is 12.3. The lowest BCUT2D eigenvalue weighted by molar-refractivity contribution is 0.412. The van der Waals surface area contributed by atoms with E-state index in [-0.39, 0.29) is 11.8 Å². The van der Waals surface area contributed by atoms with E-state index in [0.29, 0.717) is 35.4 Å². The average Bonchev–Trinajstić information content (AvgIpc) is 2.65. The lowest BCUT2D eigenvalue weighted by Crippen LogP contribution is -2.30. The molecule has 0 saturated carbocycles. The van der Waals surface area contributed by atoms with Crippen LogP contribution in [0.25, 0.3) is 22.3 Å². The molecule has 6 nitrogen and oxygen atoms in total. The SMILES string of the molecule is COc1ccc(O)c(-c2nc(NCC(N)CC(C)C)c3ccccc3n2)c1. The maximum absolute atomic E-state index is 10.3. The summed E-state index contributed by atoms with van der Waals surface area (Å²) in [5, 5.41) is 14.6. The van der Waals surface area contributed by atoms with Crippen LogP contribution in [0.5, 0.6) is 11.5 Å². The number of fused-ring (bicyclic) bond motifs is 1. The maximum Gasteiger partial charge on any atom is 0.166 e. The molecule has 0 spiro atoms. The monoisotopic (exact) mass is 366 g/mol. The lowest BCUT2D eigenvalue weighted by atomic mass is 10.0. The third kappa shape index (κ3) is 4.46. The van der Waals surface area contributed by atoms with E-state index in [1.165, 1.54) is 0 Å².